The van der Waals surface area contributed by atoms with Crippen LogP contribution < -0.4 is 10.2 Å². The number of pyridine rings is 1. The zero-order valence-corrected chi connectivity index (χ0v) is 18.7. The van der Waals surface area contributed by atoms with Crippen LogP contribution in [-0.4, -0.2) is 42.0 Å². The van der Waals surface area contributed by atoms with Crippen molar-refractivity contribution in [1.29, 1.82) is 0 Å². The van der Waals surface area contributed by atoms with Crippen LogP contribution in [0.5, 0.6) is 0 Å². The lowest BCUT2D eigenvalue weighted by Gasteiger charge is -2.31. The molecule has 3 rings (SSSR count). The van der Waals surface area contributed by atoms with Crippen LogP contribution in [0.1, 0.15) is 48.4 Å². The van der Waals surface area contributed by atoms with Crippen molar-refractivity contribution in [2.45, 2.75) is 32.2 Å². The molecule has 0 saturated carbocycles. The number of carbonyl (C=O) groups is 2. The number of rotatable bonds is 8. The van der Waals surface area contributed by atoms with Crippen LogP contribution in [0.15, 0.2) is 65.9 Å². The van der Waals surface area contributed by atoms with E-state index in [1.54, 1.807) is 31.6 Å². The standard InChI is InChI=1S/C24H28N4O4/c1-24(2,3)18-7-9-19(10-8-18)28(23(30)20-15-32-16-27-20)21(17-6-5-11-25-14-17)22(29)26-12-13-31-4/h5-11,14-16,21H,12-13H2,1-4H3,(H,26,29). The summed E-state index contributed by atoms with van der Waals surface area (Å²) < 4.78 is 10.1. The van der Waals surface area contributed by atoms with Gasteiger partial charge in [0.1, 0.15) is 12.3 Å². The molecule has 0 radical (unpaired) electrons. The summed E-state index contributed by atoms with van der Waals surface area (Å²) in [7, 11) is 1.56. The van der Waals surface area contributed by atoms with Gasteiger partial charge in [0.05, 0.1) is 6.61 Å². The Balaban J connectivity index is 2.09. The maximum absolute atomic E-state index is 13.5. The van der Waals surface area contributed by atoms with Crippen LogP contribution >= 0.6 is 0 Å². The van der Waals surface area contributed by atoms with Crippen LogP contribution in [0.3, 0.4) is 0 Å². The van der Waals surface area contributed by atoms with Gasteiger partial charge in [-0.3, -0.25) is 19.5 Å². The number of nitrogens with zero attached hydrogens (tertiary/aromatic N) is 3. The molecule has 1 aromatic carbocycles. The van der Waals surface area contributed by atoms with Gasteiger partial charge in [-0.05, 0) is 29.2 Å². The molecule has 2 heterocycles. The Morgan fingerprint density at radius 1 is 1.19 bits per heavy atom. The quantitative estimate of drug-likeness (QED) is 0.543. The molecule has 0 bridgehead atoms. The predicted octanol–water partition coefficient (Wildman–Crippen LogP) is 3.52. The van der Waals surface area contributed by atoms with E-state index in [1.807, 2.05) is 24.3 Å². The van der Waals surface area contributed by atoms with E-state index < -0.39 is 11.9 Å². The summed E-state index contributed by atoms with van der Waals surface area (Å²) in [6.45, 7) is 7.00. The predicted molar refractivity (Wildman–Crippen MR) is 120 cm³/mol. The van der Waals surface area contributed by atoms with Crippen molar-refractivity contribution in [1.82, 2.24) is 15.3 Å². The molecule has 8 nitrogen and oxygen atoms in total. The second-order valence-corrected chi connectivity index (χ2v) is 8.32. The molecule has 1 N–H and O–H groups in total. The summed E-state index contributed by atoms with van der Waals surface area (Å²) in [6.07, 6.45) is 5.65. The molecule has 2 aromatic heterocycles. The first-order chi connectivity index (χ1) is 15.3. The molecule has 2 amide bonds. The number of ether oxygens (including phenoxy) is 1. The Bertz CT molecular complexity index is 1010. The number of oxazole rings is 1. The van der Waals surface area contributed by atoms with E-state index in [2.05, 4.69) is 36.1 Å². The number of hydrogen-bond donors (Lipinski definition) is 1. The van der Waals surface area contributed by atoms with Crippen LogP contribution in [0.25, 0.3) is 0 Å². The van der Waals surface area contributed by atoms with Crippen molar-refractivity contribution >= 4 is 17.5 Å². The van der Waals surface area contributed by atoms with Gasteiger partial charge in [-0.1, -0.05) is 39.0 Å². The molecule has 3 aromatic rings. The SMILES string of the molecule is COCCNC(=O)C(c1cccnc1)N(C(=O)c1cocn1)c1ccc(C(C)(C)C)cc1. The minimum absolute atomic E-state index is 0.0558. The third-order valence-electron chi connectivity index (χ3n) is 4.99. The topological polar surface area (TPSA) is 97.6 Å². The van der Waals surface area contributed by atoms with Crippen LogP contribution in [0.4, 0.5) is 5.69 Å². The molecule has 0 fully saturated rings. The monoisotopic (exact) mass is 436 g/mol. The minimum atomic E-state index is -0.967. The first-order valence-corrected chi connectivity index (χ1v) is 10.3. The highest BCUT2D eigenvalue weighted by Crippen LogP contribution is 2.31. The minimum Gasteiger partial charge on any atom is -0.451 e. The Labute approximate surface area is 187 Å². The highest BCUT2D eigenvalue weighted by atomic mass is 16.5. The number of anilines is 1. The van der Waals surface area contributed by atoms with Crippen molar-refractivity contribution in [3.05, 3.63) is 78.3 Å². The normalized spacial score (nSPS) is 12.2. The molecule has 0 saturated heterocycles. The highest BCUT2D eigenvalue weighted by molar-refractivity contribution is 6.08. The second kappa shape index (κ2) is 10.2. The Morgan fingerprint density at radius 2 is 1.94 bits per heavy atom. The average Bonchev–Trinajstić information content (AvgIpc) is 3.32. The molecule has 0 aliphatic heterocycles. The van der Waals surface area contributed by atoms with E-state index in [1.165, 1.54) is 17.6 Å². The van der Waals surface area contributed by atoms with E-state index in [4.69, 9.17) is 9.15 Å². The third-order valence-corrected chi connectivity index (χ3v) is 4.99. The van der Waals surface area contributed by atoms with Crippen molar-refractivity contribution < 1.29 is 18.7 Å². The van der Waals surface area contributed by atoms with E-state index in [-0.39, 0.29) is 17.0 Å². The van der Waals surface area contributed by atoms with Gasteiger partial charge in [-0.15, -0.1) is 0 Å². The molecule has 0 aliphatic rings. The summed E-state index contributed by atoms with van der Waals surface area (Å²) in [5.41, 5.74) is 2.28. The zero-order valence-electron chi connectivity index (χ0n) is 18.7. The molecular weight excluding hydrogens is 408 g/mol. The molecule has 1 unspecified atom stereocenters. The van der Waals surface area contributed by atoms with Gasteiger partial charge < -0.3 is 14.5 Å². The summed E-state index contributed by atoms with van der Waals surface area (Å²) >= 11 is 0. The second-order valence-electron chi connectivity index (χ2n) is 8.32. The Kier molecular flexibility index (Phi) is 7.37. The van der Waals surface area contributed by atoms with E-state index >= 15 is 0 Å². The third kappa shape index (κ3) is 5.39. The fraction of sp³-hybridized carbons (Fsp3) is 0.333. The molecule has 0 spiro atoms. The lowest BCUT2D eigenvalue weighted by molar-refractivity contribution is -0.122. The summed E-state index contributed by atoms with van der Waals surface area (Å²) in [5.74, 6) is -0.815. The van der Waals surface area contributed by atoms with Crippen LogP contribution in [0, 0.1) is 0 Å². The van der Waals surface area contributed by atoms with Gasteiger partial charge >= 0.3 is 0 Å². The number of carbonyl (C=O) groups excluding carboxylic acids is 2. The number of hydrogen-bond acceptors (Lipinski definition) is 6. The first-order valence-electron chi connectivity index (χ1n) is 10.3. The number of aromatic nitrogens is 2. The number of amides is 2. The van der Waals surface area contributed by atoms with Gasteiger partial charge in [0.25, 0.3) is 5.91 Å². The van der Waals surface area contributed by atoms with Crippen molar-refractivity contribution in [3.63, 3.8) is 0 Å². The molecule has 32 heavy (non-hydrogen) atoms. The number of nitrogens with one attached hydrogen (secondary N) is 1. The fourth-order valence-electron chi connectivity index (χ4n) is 3.28. The van der Waals surface area contributed by atoms with E-state index in [9.17, 15) is 9.59 Å². The molecule has 1 atom stereocenters. The number of methoxy groups -OCH3 is 1. The maximum atomic E-state index is 13.5. The lowest BCUT2D eigenvalue weighted by atomic mass is 9.87. The molecule has 8 heteroatoms. The van der Waals surface area contributed by atoms with Gasteiger partial charge in [-0.2, -0.15) is 0 Å². The summed E-state index contributed by atoms with van der Waals surface area (Å²) in [6, 6.07) is 10.1. The summed E-state index contributed by atoms with van der Waals surface area (Å²) in [4.78, 5) is 36.4. The fourth-order valence-corrected chi connectivity index (χ4v) is 3.28. The lowest BCUT2D eigenvalue weighted by Crippen LogP contribution is -2.45. The zero-order chi connectivity index (χ0) is 23.1. The van der Waals surface area contributed by atoms with Gasteiger partial charge in [0.15, 0.2) is 12.1 Å². The highest BCUT2D eigenvalue weighted by Gasteiger charge is 2.34. The van der Waals surface area contributed by atoms with Crippen molar-refractivity contribution in [2.24, 2.45) is 0 Å². The van der Waals surface area contributed by atoms with E-state index in [0.29, 0.717) is 24.4 Å². The van der Waals surface area contributed by atoms with Gasteiger partial charge in [0.2, 0.25) is 5.91 Å². The van der Waals surface area contributed by atoms with Crippen LogP contribution in [-0.2, 0) is 14.9 Å². The van der Waals surface area contributed by atoms with Crippen molar-refractivity contribution in [2.75, 3.05) is 25.2 Å². The molecule has 0 aliphatic carbocycles. The van der Waals surface area contributed by atoms with Crippen molar-refractivity contribution in [3.8, 4) is 0 Å². The first kappa shape index (κ1) is 23.1. The van der Waals surface area contributed by atoms with Crippen LogP contribution in [0.2, 0.25) is 0 Å². The molecular formula is C24H28N4O4. The summed E-state index contributed by atoms with van der Waals surface area (Å²) in [5, 5.41) is 2.84. The average molecular weight is 437 g/mol. The maximum Gasteiger partial charge on any atom is 0.281 e. The largest absolute Gasteiger partial charge is 0.451 e. The number of benzene rings is 1. The Morgan fingerprint density at radius 3 is 2.50 bits per heavy atom. The Hall–Kier alpha value is -3.52. The van der Waals surface area contributed by atoms with Gasteiger partial charge in [-0.25, -0.2) is 4.98 Å². The van der Waals surface area contributed by atoms with Gasteiger partial charge in [0, 0.05) is 37.3 Å². The van der Waals surface area contributed by atoms with E-state index in [0.717, 1.165) is 5.56 Å². The smallest absolute Gasteiger partial charge is 0.281 e. The molecule has 168 valence electrons.